The number of nitrogens with zero attached hydrogens (tertiary/aromatic N) is 2. The first-order valence-corrected chi connectivity index (χ1v) is 6.04. The van der Waals surface area contributed by atoms with Gasteiger partial charge in [-0.1, -0.05) is 18.2 Å². The molecule has 0 aliphatic rings. The summed E-state index contributed by atoms with van der Waals surface area (Å²) in [4.78, 5) is 19.6. The maximum Gasteiger partial charge on any atom is 0.249 e. The quantitative estimate of drug-likeness (QED) is 0.841. The van der Waals surface area contributed by atoms with E-state index in [0.29, 0.717) is 18.7 Å². The van der Waals surface area contributed by atoms with Crippen LogP contribution in [0.3, 0.4) is 0 Å². The maximum atomic E-state index is 11.3. The van der Waals surface area contributed by atoms with Crippen molar-refractivity contribution in [3.8, 4) is 0 Å². The molecule has 0 aliphatic carbocycles. The lowest BCUT2D eigenvalue weighted by Gasteiger charge is -2.08. The number of amides is 1. The average Bonchev–Trinajstić information content (AvgIpc) is 2.39. The predicted octanol–water partition coefficient (Wildman–Crippen LogP) is 1.17. The number of rotatable bonds is 5. The molecule has 0 bridgehead atoms. The van der Waals surface area contributed by atoms with Crippen LogP contribution < -0.4 is 11.1 Å². The molecule has 3 N–H and O–H groups in total. The number of carbonyl (C=O) groups is 1. The summed E-state index contributed by atoms with van der Waals surface area (Å²) < 4.78 is 0. The molecule has 2 aromatic rings. The van der Waals surface area contributed by atoms with Crippen molar-refractivity contribution in [3.05, 3.63) is 59.2 Å². The molecule has 0 saturated carbocycles. The van der Waals surface area contributed by atoms with Crippen LogP contribution in [0.15, 0.2) is 36.5 Å². The number of carbonyl (C=O) groups excluding carboxylic acids is 1. The summed E-state index contributed by atoms with van der Waals surface area (Å²) in [6.45, 7) is 3.05. The van der Waals surface area contributed by atoms with Crippen molar-refractivity contribution >= 4 is 5.91 Å². The lowest BCUT2D eigenvalue weighted by molar-refractivity contribution is 0.0999. The van der Waals surface area contributed by atoms with Gasteiger partial charge in [0.1, 0.15) is 5.82 Å². The molecule has 19 heavy (non-hydrogen) atoms. The summed E-state index contributed by atoms with van der Waals surface area (Å²) in [7, 11) is 0. The fourth-order valence-electron chi connectivity index (χ4n) is 1.84. The molecule has 0 unspecified atom stereocenters. The third-order valence-electron chi connectivity index (χ3n) is 2.74. The van der Waals surface area contributed by atoms with E-state index in [0.717, 1.165) is 17.1 Å². The van der Waals surface area contributed by atoms with Crippen LogP contribution in [0.25, 0.3) is 0 Å². The molecule has 1 aromatic heterocycles. The van der Waals surface area contributed by atoms with Crippen molar-refractivity contribution in [2.24, 2.45) is 5.73 Å². The van der Waals surface area contributed by atoms with Crippen molar-refractivity contribution < 1.29 is 4.79 Å². The smallest absolute Gasteiger partial charge is 0.249 e. The van der Waals surface area contributed by atoms with Crippen LogP contribution in [0.1, 0.15) is 27.4 Å². The summed E-state index contributed by atoms with van der Waals surface area (Å²) in [6, 6.07) is 9.17. The van der Waals surface area contributed by atoms with E-state index in [9.17, 15) is 4.79 Å². The molecule has 2 rings (SSSR count). The SMILES string of the molecule is Cc1nccc(CNCc2ccccc2C(N)=O)n1. The van der Waals surface area contributed by atoms with Crippen LogP contribution in [0.2, 0.25) is 0 Å². The standard InChI is InChI=1S/C14H16N4O/c1-10-17-7-6-12(18-10)9-16-8-11-4-2-3-5-13(11)14(15)19/h2-7,16H,8-9H2,1H3,(H2,15,19). The van der Waals surface area contributed by atoms with E-state index in [1.807, 2.05) is 25.1 Å². The highest BCUT2D eigenvalue weighted by Gasteiger charge is 2.06. The van der Waals surface area contributed by atoms with E-state index in [-0.39, 0.29) is 0 Å². The fourth-order valence-corrected chi connectivity index (χ4v) is 1.84. The van der Waals surface area contributed by atoms with Gasteiger partial charge in [0.2, 0.25) is 5.91 Å². The van der Waals surface area contributed by atoms with Gasteiger partial charge in [-0.2, -0.15) is 0 Å². The Bertz CT molecular complexity index is 583. The molecule has 0 aliphatic heterocycles. The van der Waals surface area contributed by atoms with Crippen molar-refractivity contribution in [2.45, 2.75) is 20.0 Å². The van der Waals surface area contributed by atoms with Gasteiger partial charge in [0.05, 0.1) is 5.69 Å². The lowest BCUT2D eigenvalue weighted by atomic mass is 10.1. The second-order valence-electron chi connectivity index (χ2n) is 4.22. The highest BCUT2D eigenvalue weighted by molar-refractivity contribution is 5.94. The summed E-state index contributed by atoms with van der Waals surface area (Å²) in [5.74, 6) is 0.340. The monoisotopic (exact) mass is 256 g/mol. The molecule has 0 saturated heterocycles. The molecule has 1 heterocycles. The Morgan fingerprint density at radius 3 is 2.79 bits per heavy atom. The van der Waals surface area contributed by atoms with Gasteiger partial charge < -0.3 is 11.1 Å². The fraction of sp³-hybridized carbons (Fsp3) is 0.214. The largest absolute Gasteiger partial charge is 0.366 e. The summed E-state index contributed by atoms with van der Waals surface area (Å²) in [6.07, 6.45) is 1.73. The second kappa shape index (κ2) is 6.06. The van der Waals surface area contributed by atoms with E-state index < -0.39 is 5.91 Å². The highest BCUT2D eigenvalue weighted by Crippen LogP contribution is 2.07. The number of hydrogen-bond acceptors (Lipinski definition) is 4. The van der Waals surface area contributed by atoms with E-state index in [1.165, 1.54) is 0 Å². The molecule has 98 valence electrons. The number of benzene rings is 1. The van der Waals surface area contributed by atoms with Crippen molar-refractivity contribution in [2.75, 3.05) is 0 Å². The van der Waals surface area contributed by atoms with Gasteiger partial charge in [-0.25, -0.2) is 9.97 Å². The maximum absolute atomic E-state index is 11.3. The van der Waals surface area contributed by atoms with Crippen molar-refractivity contribution in [1.82, 2.24) is 15.3 Å². The van der Waals surface area contributed by atoms with Crippen LogP contribution in [0.5, 0.6) is 0 Å². The Hall–Kier alpha value is -2.27. The minimum absolute atomic E-state index is 0.407. The number of primary amides is 1. The molecule has 5 heteroatoms. The van der Waals surface area contributed by atoms with Crippen LogP contribution in [0.4, 0.5) is 0 Å². The Balaban J connectivity index is 1.98. The minimum Gasteiger partial charge on any atom is -0.366 e. The zero-order valence-corrected chi connectivity index (χ0v) is 10.8. The van der Waals surface area contributed by atoms with E-state index in [2.05, 4.69) is 15.3 Å². The van der Waals surface area contributed by atoms with Crippen LogP contribution in [-0.4, -0.2) is 15.9 Å². The van der Waals surface area contributed by atoms with Gasteiger partial charge in [0, 0.05) is 24.8 Å². The lowest BCUT2D eigenvalue weighted by Crippen LogP contribution is -2.19. The topological polar surface area (TPSA) is 80.9 Å². The third-order valence-corrected chi connectivity index (χ3v) is 2.74. The third kappa shape index (κ3) is 3.59. The molecular formula is C14H16N4O. The van der Waals surface area contributed by atoms with Gasteiger partial charge in [-0.15, -0.1) is 0 Å². The number of nitrogens with two attached hydrogens (primary N) is 1. The summed E-state index contributed by atoms with van der Waals surface area (Å²) in [5.41, 5.74) is 7.69. The molecule has 0 fully saturated rings. The van der Waals surface area contributed by atoms with Gasteiger partial charge in [0.15, 0.2) is 0 Å². The van der Waals surface area contributed by atoms with Gasteiger partial charge in [-0.05, 0) is 24.6 Å². The number of aromatic nitrogens is 2. The van der Waals surface area contributed by atoms with Gasteiger partial charge in [-0.3, -0.25) is 4.79 Å². The first-order valence-electron chi connectivity index (χ1n) is 6.04. The van der Waals surface area contributed by atoms with Crippen LogP contribution in [-0.2, 0) is 13.1 Å². The Morgan fingerprint density at radius 1 is 1.26 bits per heavy atom. The van der Waals surface area contributed by atoms with Crippen molar-refractivity contribution in [1.29, 1.82) is 0 Å². The van der Waals surface area contributed by atoms with Gasteiger partial charge >= 0.3 is 0 Å². The average molecular weight is 256 g/mol. The molecule has 0 spiro atoms. The Kier molecular flexibility index (Phi) is 4.20. The molecule has 0 atom stereocenters. The number of aryl methyl sites for hydroxylation is 1. The van der Waals surface area contributed by atoms with Gasteiger partial charge in [0.25, 0.3) is 0 Å². The number of hydrogen-bond donors (Lipinski definition) is 2. The Morgan fingerprint density at radius 2 is 2.05 bits per heavy atom. The zero-order chi connectivity index (χ0) is 13.7. The van der Waals surface area contributed by atoms with Crippen molar-refractivity contribution in [3.63, 3.8) is 0 Å². The molecule has 1 amide bonds. The molecule has 5 nitrogen and oxygen atoms in total. The molecule has 1 aromatic carbocycles. The van der Waals surface area contributed by atoms with Crippen LogP contribution in [0, 0.1) is 6.92 Å². The second-order valence-corrected chi connectivity index (χ2v) is 4.22. The van der Waals surface area contributed by atoms with E-state index >= 15 is 0 Å². The minimum atomic E-state index is -0.407. The van der Waals surface area contributed by atoms with E-state index in [4.69, 9.17) is 5.73 Å². The Labute approximate surface area is 111 Å². The molecular weight excluding hydrogens is 240 g/mol. The van der Waals surface area contributed by atoms with Crippen LogP contribution >= 0.6 is 0 Å². The molecule has 0 radical (unpaired) electrons. The summed E-state index contributed by atoms with van der Waals surface area (Å²) >= 11 is 0. The first-order chi connectivity index (χ1) is 9.16. The zero-order valence-electron chi connectivity index (χ0n) is 10.8. The predicted molar refractivity (Wildman–Crippen MR) is 72.3 cm³/mol. The highest BCUT2D eigenvalue weighted by atomic mass is 16.1. The number of nitrogens with one attached hydrogen (secondary N) is 1. The normalized spacial score (nSPS) is 10.4. The first kappa shape index (κ1) is 13.2. The van der Waals surface area contributed by atoms with E-state index in [1.54, 1.807) is 18.3 Å². The summed E-state index contributed by atoms with van der Waals surface area (Å²) in [5, 5.41) is 3.24.